The van der Waals surface area contributed by atoms with E-state index in [4.69, 9.17) is 4.74 Å². The quantitative estimate of drug-likeness (QED) is 0.248. The van der Waals surface area contributed by atoms with Crippen LogP contribution in [0.25, 0.3) is 0 Å². The Balaban J connectivity index is 1.42. The van der Waals surface area contributed by atoms with Gasteiger partial charge < -0.3 is 25.8 Å². The zero-order valence-electron chi connectivity index (χ0n) is 24.9. The second-order valence-corrected chi connectivity index (χ2v) is 13.0. The molecule has 0 unspecified atom stereocenters. The van der Waals surface area contributed by atoms with Gasteiger partial charge in [0.05, 0.1) is 31.2 Å². The number of nitrogens with zero attached hydrogens (tertiary/aromatic N) is 1. The van der Waals surface area contributed by atoms with Crippen LogP contribution in [0, 0.1) is 0 Å². The predicted octanol–water partition coefficient (Wildman–Crippen LogP) is 3.04. The lowest BCUT2D eigenvalue weighted by Crippen LogP contribution is -2.45. The molecule has 0 aromatic heterocycles. The molecule has 0 radical (unpaired) electrons. The molecule has 1 aliphatic heterocycles. The van der Waals surface area contributed by atoms with Crippen molar-refractivity contribution < 1.29 is 27.9 Å². The Morgan fingerprint density at radius 3 is 2.40 bits per heavy atom. The first-order chi connectivity index (χ1) is 20.4. The van der Waals surface area contributed by atoms with Gasteiger partial charge >= 0.3 is 0 Å². The topological polar surface area (TPSA) is 137 Å². The number of rotatable bonds is 12. The first kappa shape index (κ1) is 32.0. The van der Waals surface area contributed by atoms with E-state index in [2.05, 4.69) is 16.0 Å². The summed E-state index contributed by atoms with van der Waals surface area (Å²) >= 11 is 0. The third-order valence-corrected chi connectivity index (χ3v) is 8.98. The van der Waals surface area contributed by atoms with Crippen LogP contribution in [0.4, 0.5) is 5.69 Å². The van der Waals surface area contributed by atoms with Crippen molar-refractivity contribution in [3.05, 3.63) is 95.1 Å². The van der Waals surface area contributed by atoms with E-state index >= 15 is 0 Å². The second-order valence-electron chi connectivity index (χ2n) is 11.0. The molecule has 4 rings (SSSR count). The fourth-order valence-corrected chi connectivity index (χ4v) is 5.68. The summed E-state index contributed by atoms with van der Waals surface area (Å²) in [6.07, 6.45) is 2.64. The molecular formula is C32H40N4O6S. The van der Waals surface area contributed by atoms with Gasteiger partial charge in [-0.05, 0) is 67.6 Å². The SMILES string of the molecule is COc1cccc(C[C@@H]2CC[C@H]([C@@H](O)CNC(=O)c3cc(C(=O)N[C@H](C)c4ccccc4)cc(N(C)S(C)(=O)=O)c3)N2)c1. The molecule has 1 saturated heterocycles. The summed E-state index contributed by atoms with van der Waals surface area (Å²) in [4.78, 5) is 26.4. The molecule has 4 N–H and O–H groups in total. The minimum atomic E-state index is -3.66. The number of aliphatic hydroxyl groups excluding tert-OH is 1. The zero-order chi connectivity index (χ0) is 31.1. The van der Waals surface area contributed by atoms with Crippen molar-refractivity contribution >= 4 is 27.5 Å². The highest BCUT2D eigenvalue weighted by Crippen LogP contribution is 2.23. The Labute approximate surface area is 253 Å². The number of nitrogens with one attached hydrogen (secondary N) is 3. The number of carbonyl (C=O) groups excluding carboxylic acids is 2. The Kier molecular flexibility index (Phi) is 10.4. The molecule has 230 valence electrons. The van der Waals surface area contributed by atoms with Crippen molar-refractivity contribution in [3.8, 4) is 5.75 Å². The van der Waals surface area contributed by atoms with Crippen LogP contribution >= 0.6 is 0 Å². The van der Waals surface area contributed by atoms with E-state index in [9.17, 15) is 23.1 Å². The zero-order valence-corrected chi connectivity index (χ0v) is 25.7. The van der Waals surface area contributed by atoms with E-state index in [1.807, 2.05) is 61.5 Å². The van der Waals surface area contributed by atoms with E-state index in [0.29, 0.717) is 0 Å². The highest BCUT2D eigenvalue weighted by molar-refractivity contribution is 7.92. The van der Waals surface area contributed by atoms with Gasteiger partial charge in [-0.2, -0.15) is 0 Å². The standard InChI is InChI=1S/C32H40N4O6S/c1-21(23-10-6-5-7-11-23)34-32(39)25-17-24(18-27(19-25)36(2)43(4,40)41)31(38)33-20-30(37)29-14-13-26(35-29)15-22-9-8-12-28(16-22)42-3/h5-12,16-19,21,26,29-30,35,37H,13-15,20H2,1-4H3,(H,33,38)(H,34,39)/t21-,26+,29-,30+/m1/s1. The van der Waals surface area contributed by atoms with Crippen molar-refractivity contribution in [1.29, 1.82) is 0 Å². The van der Waals surface area contributed by atoms with E-state index in [1.165, 1.54) is 25.2 Å². The number of methoxy groups -OCH3 is 1. The minimum absolute atomic E-state index is 0.0128. The van der Waals surface area contributed by atoms with Gasteiger partial charge in [0.15, 0.2) is 0 Å². The lowest BCUT2D eigenvalue weighted by atomic mass is 10.0. The van der Waals surface area contributed by atoms with Crippen molar-refractivity contribution in [3.63, 3.8) is 0 Å². The molecule has 0 aliphatic carbocycles. The first-order valence-electron chi connectivity index (χ1n) is 14.2. The summed E-state index contributed by atoms with van der Waals surface area (Å²) in [6, 6.07) is 21.3. The van der Waals surface area contributed by atoms with Crippen LogP contribution in [0.5, 0.6) is 5.75 Å². The van der Waals surface area contributed by atoms with Gasteiger partial charge in [0.25, 0.3) is 11.8 Å². The van der Waals surface area contributed by atoms with Gasteiger partial charge in [-0.15, -0.1) is 0 Å². The first-order valence-corrected chi connectivity index (χ1v) is 16.1. The molecule has 0 spiro atoms. The lowest BCUT2D eigenvalue weighted by molar-refractivity contribution is 0.0885. The summed E-state index contributed by atoms with van der Waals surface area (Å²) < 4.78 is 30.9. The molecule has 3 aromatic carbocycles. The normalized spacial score (nSPS) is 18.0. The number of carbonyl (C=O) groups is 2. The third-order valence-electron chi connectivity index (χ3n) is 7.78. The largest absolute Gasteiger partial charge is 0.497 e. The average molecular weight is 609 g/mol. The number of ether oxygens (including phenoxy) is 1. The summed E-state index contributed by atoms with van der Waals surface area (Å²) in [6.45, 7) is 1.83. The molecule has 0 bridgehead atoms. The maximum Gasteiger partial charge on any atom is 0.251 e. The van der Waals surface area contributed by atoms with Crippen LogP contribution in [0.15, 0.2) is 72.8 Å². The fourth-order valence-electron chi connectivity index (χ4n) is 5.19. The molecule has 43 heavy (non-hydrogen) atoms. The number of anilines is 1. The summed E-state index contributed by atoms with van der Waals surface area (Å²) in [5.74, 6) is -0.182. The predicted molar refractivity (Wildman–Crippen MR) is 167 cm³/mol. The molecule has 1 heterocycles. The van der Waals surface area contributed by atoms with Crippen molar-refractivity contribution in [2.75, 3.05) is 31.3 Å². The summed E-state index contributed by atoms with van der Waals surface area (Å²) in [7, 11) is -0.667. The Morgan fingerprint density at radius 1 is 1.02 bits per heavy atom. The molecule has 10 nitrogen and oxygen atoms in total. The molecule has 0 saturated carbocycles. The van der Waals surface area contributed by atoms with Crippen LogP contribution in [0.1, 0.15) is 57.7 Å². The van der Waals surface area contributed by atoms with Crippen LogP contribution in [0.3, 0.4) is 0 Å². The van der Waals surface area contributed by atoms with Gasteiger partial charge in [-0.3, -0.25) is 13.9 Å². The number of sulfonamides is 1. The number of amides is 2. The van der Waals surface area contributed by atoms with Crippen molar-refractivity contribution in [1.82, 2.24) is 16.0 Å². The van der Waals surface area contributed by atoms with Gasteiger partial charge in [-0.1, -0.05) is 42.5 Å². The van der Waals surface area contributed by atoms with E-state index < -0.39 is 27.9 Å². The molecular weight excluding hydrogens is 568 g/mol. The molecule has 2 amide bonds. The minimum Gasteiger partial charge on any atom is -0.497 e. The van der Waals surface area contributed by atoms with Crippen molar-refractivity contribution in [2.45, 2.75) is 50.4 Å². The van der Waals surface area contributed by atoms with Crippen LogP contribution in [-0.2, 0) is 16.4 Å². The highest BCUT2D eigenvalue weighted by atomic mass is 32.2. The maximum absolute atomic E-state index is 13.2. The van der Waals surface area contributed by atoms with Crippen LogP contribution in [-0.4, -0.2) is 70.5 Å². The lowest BCUT2D eigenvalue weighted by Gasteiger charge is -2.22. The highest BCUT2D eigenvalue weighted by Gasteiger charge is 2.29. The maximum atomic E-state index is 13.2. The Morgan fingerprint density at radius 2 is 1.72 bits per heavy atom. The number of hydrogen-bond donors (Lipinski definition) is 4. The number of benzene rings is 3. The van der Waals surface area contributed by atoms with E-state index in [-0.39, 0.29) is 41.5 Å². The third kappa shape index (κ3) is 8.56. The second kappa shape index (κ2) is 14.0. The fraction of sp³-hybridized carbons (Fsp3) is 0.375. The van der Waals surface area contributed by atoms with Gasteiger partial charge in [0.2, 0.25) is 10.0 Å². The Bertz CT molecular complexity index is 1530. The summed E-state index contributed by atoms with van der Waals surface area (Å²) in [5.41, 5.74) is 2.45. The van der Waals surface area contributed by atoms with Gasteiger partial charge in [0.1, 0.15) is 5.75 Å². The van der Waals surface area contributed by atoms with Crippen LogP contribution < -0.4 is 25.0 Å². The smallest absolute Gasteiger partial charge is 0.251 e. The van der Waals surface area contributed by atoms with Crippen LogP contribution in [0.2, 0.25) is 0 Å². The summed E-state index contributed by atoms with van der Waals surface area (Å²) in [5, 5.41) is 20.0. The number of hydrogen-bond acceptors (Lipinski definition) is 7. The number of aliphatic hydroxyl groups is 1. The molecule has 1 fully saturated rings. The molecule has 3 aromatic rings. The molecule has 11 heteroatoms. The van der Waals surface area contributed by atoms with Gasteiger partial charge in [0, 0.05) is 36.8 Å². The molecule has 1 aliphatic rings. The molecule has 4 atom stereocenters. The van der Waals surface area contributed by atoms with Gasteiger partial charge in [-0.25, -0.2) is 8.42 Å². The van der Waals surface area contributed by atoms with E-state index in [0.717, 1.165) is 46.7 Å². The van der Waals surface area contributed by atoms with Crippen molar-refractivity contribution in [2.24, 2.45) is 0 Å². The Hall–Kier alpha value is -3.93. The van der Waals surface area contributed by atoms with E-state index in [1.54, 1.807) is 7.11 Å². The average Bonchev–Trinajstić information content (AvgIpc) is 3.47. The monoisotopic (exact) mass is 608 g/mol.